The van der Waals surface area contributed by atoms with E-state index in [4.69, 9.17) is 4.74 Å². The maximum atomic E-state index is 12.5. The van der Waals surface area contributed by atoms with E-state index < -0.39 is 22.0 Å². The molecule has 1 unspecified atom stereocenters. The van der Waals surface area contributed by atoms with E-state index in [1.165, 1.54) is 6.92 Å². The monoisotopic (exact) mass is 333 g/mol. The van der Waals surface area contributed by atoms with Gasteiger partial charge in [0.05, 0.1) is 10.9 Å². The average Bonchev–Trinajstić information content (AvgIpc) is 2.52. The Morgan fingerprint density at radius 2 is 1.70 bits per heavy atom. The van der Waals surface area contributed by atoms with Gasteiger partial charge in [-0.3, -0.25) is 4.79 Å². The van der Waals surface area contributed by atoms with Crippen LogP contribution in [0.4, 0.5) is 0 Å². The van der Waals surface area contributed by atoms with Crippen molar-refractivity contribution in [3.63, 3.8) is 0 Å². The van der Waals surface area contributed by atoms with Crippen molar-refractivity contribution < 1.29 is 17.9 Å². The summed E-state index contributed by atoms with van der Waals surface area (Å²) in [5, 5.41) is 0. The Hall–Kier alpha value is -2.18. The lowest BCUT2D eigenvalue weighted by Gasteiger charge is -2.19. The van der Waals surface area contributed by atoms with Gasteiger partial charge in [0.2, 0.25) is 10.0 Å². The van der Waals surface area contributed by atoms with Crippen molar-refractivity contribution in [3.05, 3.63) is 65.7 Å². The SMILES string of the molecule is CC(=O)OCC(NS(=O)(=O)c1ccc(C)cc1)c1ccccc1. The first-order valence-electron chi connectivity index (χ1n) is 7.16. The van der Waals surface area contributed by atoms with Crippen molar-refractivity contribution >= 4 is 16.0 Å². The van der Waals surface area contributed by atoms with Crippen LogP contribution in [0, 0.1) is 6.92 Å². The molecule has 0 fully saturated rings. The third-order valence-corrected chi connectivity index (χ3v) is 4.77. The van der Waals surface area contributed by atoms with E-state index in [1.807, 2.05) is 13.0 Å². The molecule has 2 aromatic carbocycles. The van der Waals surface area contributed by atoms with Crippen molar-refractivity contribution in [1.29, 1.82) is 0 Å². The highest BCUT2D eigenvalue weighted by Crippen LogP contribution is 2.18. The number of nitrogens with one attached hydrogen (secondary N) is 1. The number of sulfonamides is 1. The lowest BCUT2D eigenvalue weighted by molar-refractivity contribution is -0.141. The molecule has 0 aliphatic carbocycles. The highest BCUT2D eigenvalue weighted by atomic mass is 32.2. The minimum absolute atomic E-state index is 0.0650. The van der Waals surface area contributed by atoms with E-state index in [9.17, 15) is 13.2 Å². The van der Waals surface area contributed by atoms with Crippen LogP contribution in [0.3, 0.4) is 0 Å². The highest BCUT2D eigenvalue weighted by molar-refractivity contribution is 7.89. The molecule has 0 amide bonds. The van der Waals surface area contributed by atoms with E-state index in [-0.39, 0.29) is 11.5 Å². The summed E-state index contributed by atoms with van der Waals surface area (Å²) in [4.78, 5) is 11.2. The number of aryl methyl sites for hydroxylation is 1. The van der Waals surface area contributed by atoms with Gasteiger partial charge in [-0.15, -0.1) is 0 Å². The number of hydrogen-bond donors (Lipinski definition) is 1. The van der Waals surface area contributed by atoms with Gasteiger partial charge in [0.25, 0.3) is 0 Å². The summed E-state index contributed by atoms with van der Waals surface area (Å²) in [7, 11) is -3.71. The van der Waals surface area contributed by atoms with E-state index >= 15 is 0 Å². The molecule has 1 atom stereocenters. The van der Waals surface area contributed by atoms with Crippen molar-refractivity contribution in [2.24, 2.45) is 0 Å². The molecular formula is C17H19NO4S. The van der Waals surface area contributed by atoms with Crippen molar-refractivity contribution in [3.8, 4) is 0 Å². The van der Waals surface area contributed by atoms with Gasteiger partial charge in [0.1, 0.15) is 6.61 Å². The minimum atomic E-state index is -3.71. The van der Waals surface area contributed by atoms with Crippen molar-refractivity contribution in [1.82, 2.24) is 4.72 Å². The number of esters is 1. The normalized spacial score (nSPS) is 12.6. The molecule has 23 heavy (non-hydrogen) atoms. The summed E-state index contributed by atoms with van der Waals surface area (Å²) >= 11 is 0. The van der Waals surface area contributed by atoms with E-state index in [0.29, 0.717) is 0 Å². The summed E-state index contributed by atoms with van der Waals surface area (Å²) in [5.74, 6) is -0.458. The number of rotatable bonds is 6. The minimum Gasteiger partial charge on any atom is -0.464 e. The number of carbonyl (C=O) groups is 1. The first kappa shape index (κ1) is 17.2. The Balaban J connectivity index is 2.25. The molecule has 1 N–H and O–H groups in total. The van der Waals surface area contributed by atoms with Gasteiger partial charge < -0.3 is 4.74 Å². The first-order chi connectivity index (χ1) is 10.9. The molecule has 5 nitrogen and oxygen atoms in total. The second kappa shape index (κ2) is 7.39. The second-order valence-corrected chi connectivity index (χ2v) is 6.91. The zero-order valence-electron chi connectivity index (χ0n) is 13.0. The maximum absolute atomic E-state index is 12.5. The lowest BCUT2D eigenvalue weighted by Crippen LogP contribution is -2.32. The van der Waals surface area contributed by atoms with Crippen LogP contribution in [0.1, 0.15) is 24.1 Å². The average molecular weight is 333 g/mol. The Morgan fingerprint density at radius 3 is 2.26 bits per heavy atom. The molecule has 6 heteroatoms. The molecule has 0 bridgehead atoms. The fourth-order valence-electron chi connectivity index (χ4n) is 2.06. The van der Waals surface area contributed by atoms with Crippen LogP contribution in [0.15, 0.2) is 59.5 Å². The molecule has 0 radical (unpaired) electrons. The standard InChI is InChI=1S/C17H19NO4S/c1-13-8-10-16(11-9-13)23(20,21)18-17(12-22-14(2)19)15-6-4-3-5-7-15/h3-11,17-18H,12H2,1-2H3. The molecule has 2 rings (SSSR count). The zero-order chi connectivity index (χ0) is 16.9. The predicted octanol–water partition coefficient (Wildman–Crippen LogP) is 2.58. The van der Waals surface area contributed by atoms with E-state index in [2.05, 4.69) is 4.72 Å². The van der Waals surface area contributed by atoms with Crippen LogP contribution < -0.4 is 4.72 Å². The second-order valence-electron chi connectivity index (χ2n) is 5.20. The predicted molar refractivity (Wildman–Crippen MR) is 87.3 cm³/mol. The highest BCUT2D eigenvalue weighted by Gasteiger charge is 2.22. The quantitative estimate of drug-likeness (QED) is 0.825. The smallest absolute Gasteiger partial charge is 0.302 e. The van der Waals surface area contributed by atoms with Gasteiger partial charge in [-0.1, -0.05) is 48.0 Å². The summed E-state index contributed by atoms with van der Waals surface area (Å²) in [6.45, 7) is 3.11. The Morgan fingerprint density at radius 1 is 1.09 bits per heavy atom. The Kier molecular flexibility index (Phi) is 5.52. The zero-order valence-corrected chi connectivity index (χ0v) is 13.8. The van der Waals surface area contributed by atoms with Crippen LogP contribution >= 0.6 is 0 Å². The molecule has 0 aliphatic rings. The molecule has 0 aromatic heterocycles. The van der Waals surface area contributed by atoms with Gasteiger partial charge >= 0.3 is 5.97 Å². The van der Waals surface area contributed by atoms with Crippen LogP contribution in [-0.4, -0.2) is 21.0 Å². The summed E-state index contributed by atoms with van der Waals surface area (Å²) < 4.78 is 32.6. The fourth-order valence-corrected chi connectivity index (χ4v) is 3.27. The van der Waals surface area contributed by atoms with Crippen LogP contribution in [0.25, 0.3) is 0 Å². The van der Waals surface area contributed by atoms with Crippen LogP contribution in [0.5, 0.6) is 0 Å². The topological polar surface area (TPSA) is 72.5 Å². The van der Waals surface area contributed by atoms with Crippen molar-refractivity contribution in [2.75, 3.05) is 6.61 Å². The lowest BCUT2D eigenvalue weighted by atomic mass is 10.1. The van der Waals surface area contributed by atoms with Crippen LogP contribution in [-0.2, 0) is 19.6 Å². The molecular weight excluding hydrogens is 314 g/mol. The molecule has 0 saturated heterocycles. The summed E-state index contributed by atoms with van der Waals surface area (Å²) in [5.41, 5.74) is 1.70. The van der Waals surface area contributed by atoms with E-state index in [0.717, 1.165) is 11.1 Å². The van der Waals surface area contributed by atoms with E-state index in [1.54, 1.807) is 48.5 Å². The molecule has 0 heterocycles. The fraction of sp³-hybridized carbons (Fsp3) is 0.235. The summed E-state index contributed by atoms with van der Waals surface area (Å²) in [6, 6.07) is 14.9. The van der Waals surface area contributed by atoms with Gasteiger partial charge in [0.15, 0.2) is 0 Å². The maximum Gasteiger partial charge on any atom is 0.302 e. The Labute approximate surface area is 136 Å². The number of carbonyl (C=O) groups excluding carboxylic acids is 1. The van der Waals surface area contributed by atoms with Crippen LogP contribution in [0.2, 0.25) is 0 Å². The molecule has 122 valence electrons. The van der Waals surface area contributed by atoms with Gasteiger partial charge in [-0.05, 0) is 24.6 Å². The molecule has 2 aromatic rings. The summed E-state index contributed by atoms with van der Waals surface area (Å²) in [6.07, 6.45) is 0. The number of hydrogen-bond acceptors (Lipinski definition) is 4. The van der Waals surface area contributed by atoms with Gasteiger partial charge in [-0.25, -0.2) is 13.1 Å². The Bertz CT molecular complexity index is 755. The largest absolute Gasteiger partial charge is 0.464 e. The molecule has 0 spiro atoms. The van der Waals surface area contributed by atoms with Gasteiger partial charge in [0, 0.05) is 6.92 Å². The molecule has 0 aliphatic heterocycles. The number of ether oxygens (including phenoxy) is 1. The number of benzene rings is 2. The molecule has 0 saturated carbocycles. The third-order valence-electron chi connectivity index (χ3n) is 3.28. The van der Waals surface area contributed by atoms with Gasteiger partial charge in [-0.2, -0.15) is 0 Å². The first-order valence-corrected chi connectivity index (χ1v) is 8.64. The van der Waals surface area contributed by atoms with Crippen molar-refractivity contribution in [2.45, 2.75) is 24.8 Å². The third kappa shape index (κ3) is 4.91.